The Kier molecular flexibility index (Phi) is 5.50. The summed E-state index contributed by atoms with van der Waals surface area (Å²) < 4.78 is 26.1. The number of nitrogens with zero attached hydrogens (tertiary/aromatic N) is 1. The van der Waals surface area contributed by atoms with E-state index in [0.717, 1.165) is 5.56 Å². The molecule has 0 bridgehead atoms. The molecule has 5 nitrogen and oxygen atoms in total. The number of hydrogen-bond donors (Lipinski definition) is 2. The van der Waals surface area contributed by atoms with E-state index in [9.17, 15) is 8.42 Å². The van der Waals surface area contributed by atoms with Crippen LogP contribution in [0.4, 0.5) is 0 Å². The van der Waals surface area contributed by atoms with Gasteiger partial charge in [0, 0.05) is 19.0 Å². The fraction of sp³-hybridized carbons (Fsp3) is 0.462. The van der Waals surface area contributed by atoms with Crippen LogP contribution >= 0.6 is 0 Å². The maximum atomic E-state index is 12.4. The number of sulfonamides is 1. The second-order valence-corrected chi connectivity index (χ2v) is 6.64. The van der Waals surface area contributed by atoms with E-state index in [-0.39, 0.29) is 30.6 Å². The lowest BCUT2D eigenvalue weighted by molar-refractivity contribution is 0.361. The Bertz CT molecular complexity index is 512. The van der Waals surface area contributed by atoms with Crippen LogP contribution in [0.25, 0.3) is 0 Å². The predicted molar refractivity (Wildman–Crippen MR) is 77.4 cm³/mol. The first-order chi connectivity index (χ1) is 8.83. The van der Waals surface area contributed by atoms with E-state index in [1.54, 1.807) is 12.1 Å². The molecule has 0 amide bonds. The summed E-state index contributed by atoms with van der Waals surface area (Å²) in [7, 11) is -3.39. The summed E-state index contributed by atoms with van der Waals surface area (Å²) >= 11 is 0. The summed E-state index contributed by atoms with van der Waals surface area (Å²) in [6, 6.07) is 8.93. The Hall–Kier alpha value is -1.40. The standard InChI is InChI=1S/C13H21N3O2S/c1-11(2)16(9-8-13(14)15)19(17,18)10-12-6-4-3-5-7-12/h3-7,11H,8-10H2,1-2H3,(H3,14,15). The summed E-state index contributed by atoms with van der Waals surface area (Å²) in [5.74, 6) is -0.0234. The molecule has 0 aromatic heterocycles. The summed E-state index contributed by atoms with van der Waals surface area (Å²) in [5, 5.41) is 7.21. The SMILES string of the molecule is CC(C)N(CCC(=N)N)S(=O)(=O)Cc1ccccc1. The van der Waals surface area contributed by atoms with E-state index in [2.05, 4.69) is 0 Å². The molecule has 0 unspecified atom stereocenters. The average molecular weight is 283 g/mol. The molecule has 0 fully saturated rings. The van der Waals surface area contributed by atoms with Crippen LogP contribution in [-0.2, 0) is 15.8 Å². The molecule has 0 aliphatic carbocycles. The molecule has 0 spiro atoms. The van der Waals surface area contributed by atoms with Crippen molar-refractivity contribution < 1.29 is 8.42 Å². The van der Waals surface area contributed by atoms with Crippen molar-refractivity contribution in [2.45, 2.75) is 32.1 Å². The zero-order chi connectivity index (χ0) is 14.5. The lowest BCUT2D eigenvalue weighted by Gasteiger charge is -2.25. The second kappa shape index (κ2) is 6.68. The molecule has 0 aliphatic rings. The van der Waals surface area contributed by atoms with Gasteiger partial charge in [-0.15, -0.1) is 0 Å². The van der Waals surface area contributed by atoms with Crippen molar-refractivity contribution in [1.82, 2.24) is 4.31 Å². The van der Waals surface area contributed by atoms with E-state index in [1.807, 2.05) is 32.0 Å². The average Bonchev–Trinajstić information content (AvgIpc) is 2.28. The van der Waals surface area contributed by atoms with Crippen molar-refractivity contribution >= 4 is 15.9 Å². The van der Waals surface area contributed by atoms with E-state index in [0.29, 0.717) is 0 Å². The highest BCUT2D eigenvalue weighted by Gasteiger charge is 2.24. The van der Waals surface area contributed by atoms with Gasteiger partial charge >= 0.3 is 0 Å². The van der Waals surface area contributed by atoms with Crippen LogP contribution < -0.4 is 5.73 Å². The number of benzene rings is 1. The molecule has 0 aliphatic heterocycles. The largest absolute Gasteiger partial charge is 0.388 e. The molecule has 0 heterocycles. The lowest BCUT2D eigenvalue weighted by atomic mass is 10.2. The van der Waals surface area contributed by atoms with E-state index < -0.39 is 10.0 Å². The van der Waals surface area contributed by atoms with Gasteiger partial charge in [-0.25, -0.2) is 8.42 Å². The Morgan fingerprint density at radius 3 is 2.37 bits per heavy atom. The molecule has 106 valence electrons. The molecule has 0 saturated heterocycles. The first kappa shape index (κ1) is 15.7. The van der Waals surface area contributed by atoms with Crippen LogP contribution in [0.15, 0.2) is 30.3 Å². The van der Waals surface area contributed by atoms with Crippen LogP contribution in [0, 0.1) is 5.41 Å². The normalized spacial score (nSPS) is 12.0. The quantitative estimate of drug-likeness (QED) is 0.588. The highest BCUT2D eigenvalue weighted by atomic mass is 32.2. The van der Waals surface area contributed by atoms with Gasteiger partial charge in [-0.3, -0.25) is 5.41 Å². The second-order valence-electron chi connectivity index (χ2n) is 4.72. The van der Waals surface area contributed by atoms with Crippen LogP contribution in [0.2, 0.25) is 0 Å². The number of amidine groups is 1. The first-order valence-corrected chi connectivity index (χ1v) is 7.80. The van der Waals surface area contributed by atoms with Gasteiger partial charge in [0.15, 0.2) is 0 Å². The number of hydrogen-bond acceptors (Lipinski definition) is 3. The Morgan fingerprint density at radius 1 is 1.32 bits per heavy atom. The van der Waals surface area contributed by atoms with Gasteiger partial charge in [-0.2, -0.15) is 4.31 Å². The molecule has 3 N–H and O–H groups in total. The van der Waals surface area contributed by atoms with Crippen molar-refractivity contribution in [3.05, 3.63) is 35.9 Å². The number of rotatable bonds is 7. The third-order valence-corrected chi connectivity index (χ3v) is 4.74. The Morgan fingerprint density at radius 2 is 1.89 bits per heavy atom. The molecule has 1 aromatic rings. The number of nitrogens with one attached hydrogen (secondary N) is 1. The molecule has 0 radical (unpaired) electrons. The van der Waals surface area contributed by atoms with Gasteiger partial charge in [-0.1, -0.05) is 30.3 Å². The lowest BCUT2D eigenvalue weighted by Crippen LogP contribution is -2.39. The maximum Gasteiger partial charge on any atom is 0.218 e. The van der Waals surface area contributed by atoms with Gasteiger partial charge in [0.1, 0.15) is 0 Å². The molecule has 0 atom stereocenters. The zero-order valence-corrected chi connectivity index (χ0v) is 12.2. The summed E-state index contributed by atoms with van der Waals surface area (Å²) in [6.45, 7) is 3.90. The molecular formula is C13H21N3O2S. The first-order valence-electron chi connectivity index (χ1n) is 6.19. The maximum absolute atomic E-state index is 12.4. The van der Waals surface area contributed by atoms with Crippen molar-refractivity contribution in [3.63, 3.8) is 0 Å². The summed E-state index contributed by atoms with van der Waals surface area (Å²) in [5.41, 5.74) is 6.06. The molecular weight excluding hydrogens is 262 g/mol. The molecule has 6 heteroatoms. The predicted octanol–water partition coefficient (Wildman–Crippen LogP) is 1.55. The fourth-order valence-corrected chi connectivity index (χ4v) is 3.61. The third-order valence-electron chi connectivity index (χ3n) is 2.73. The van der Waals surface area contributed by atoms with Crippen LogP contribution in [0.1, 0.15) is 25.8 Å². The zero-order valence-electron chi connectivity index (χ0n) is 11.3. The van der Waals surface area contributed by atoms with Crippen molar-refractivity contribution in [1.29, 1.82) is 5.41 Å². The van der Waals surface area contributed by atoms with Crippen molar-refractivity contribution in [2.75, 3.05) is 6.54 Å². The highest BCUT2D eigenvalue weighted by Crippen LogP contribution is 2.14. The third kappa shape index (κ3) is 5.00. The minimum Gasteiger partial charge on any atom is -0.388 e. The van der Waals surface area contributed by atoms with Crippen molar-refractivity contribution in [2.24, 2.45) is 5.73 Å². The van der Waals surface area contributed by atoms with Gasteiger partial charge < -0.3 is 5.73 Å². The molecule has 0 saturated carbocycles. The number of nitrogens with two attached hydrogens (primary N) is 1. The minimum absolute atomic E-state index is 0.000520. The topological polar surface area (TPSA) is 87.2 Å². The molecule has 19 heavy (non-hydrogen) atoms. The smallest absolute Gasteiger partial charge is 0.218 e. The monoisotopic (exact) mass is 283 g/mol. The van der Waals surface area contributed by atoms with Gasteiger partial charge in [0.25, 0.3) is 0 Å². The van der Waals surface area contributed by atoms with E-state index in [1.165, 1.54) is 4.31 Å². The van der Waals surface area contributed by atoms with Crippen molar-refractivity contribution in [3.8, 4) is 0 Å². The fourth-order valence-electron chi connectivity index (χ4n) is 1.82. The van der Waals surface area contributed by atoms with E-state index >= 15 is 0 Å². The van der Waals surface area contributed by atoms with E-state index in [4.69, 9.17) is 11.1 Å². The minimum atomic E-state index is -3.39. The van der Waals surface area contributed by atoms with Crippen LogP contribution in [0.5, 0.6) is 0 Å². The Balaban J connectivity index is 2.84. The molecule has 1 aromatic carbocycles. The van der Waals surface area contributed by atoms with Gasteiger partial charge in [0.05, 0.1) is 11.6 Å². The highest BCUT2D eigenvalue weighted by molar-refractivity contribution is 7.88. The summed E-state index contributed by atoms with van der Waals surface area (Å²) in [6.07, 6.45) is 0.256. The van der Waals surface area contributed by atoms with Crippen LogP contribution in [-0.4, -0.2) is 31.1 Å². The van der Waals surface area contributed by atoms with Gasteiger partial charge in [0.2, 0.25) is 10.0 Å². The molecule has 1 rings (SSSR count). The van der Waals surface area contributed by atoms with Crippen LogP contribution in [0.3, 0.4) is 0 Å². The van der Waals surface area contributed by atoms with Gasteiger partial charge in [-0.05, 0) is 19.4 Å². The Labute approximate surface area is 115 Å². The summed E-state index contributed by atoms with van der Waals surface area (Å²) in [4.78, 5) is 0.